The van der Waals surface area contributed by atoms with Crippen LogP contribution < -0.4 is 0 Å². The molecule has 0 unspecified atom stereocenters. The van der Waals surface area contributed by atoms with E-state index in [1.165, 1.54) is 11.1 Å². The molecule has 0 spiro atoms. The second-order valence-electron chi connectivity index (χ2n) is 8.79. The van der Waals surface area contributed by atoms with Crippen molar-refractivity contribution in [2.45, 2.75) is 58.5 Å². The molecule has 2 fully saturated rings. The summed E-state index contributed by atoms with van der Waals surface area (Å²) < 4.78 is 0. The van der Waals surface area contributed by atoms with E-state index in [0.717, 1.165) is 38.4 Å². The van der Waals surface area contributed by atoms with Crippen LogP contribution in [0.25, 0.3) is 0 Å². The van der Waals surface area contributed by atoms with Gasteiger partial charge in [-0.05, 0) is 78.4 Å². The molecule has 0 aromatic rings. The first-order valence-electron chi connectivity index (χ1n) is 9.33. The van der Waals surface area contributed by atoms with Crippen LogP contribution >= 0.6 is 0 Å². The molecular formula is C21H28O3. The van der Waals surface area contributed by atoms with Crippen LogP contribution in [-0.4, -0.2) is 22.1 Å². The van der Waals surface area contributed by atoms with Crippen molar-refractivity contribution in [2.75, 3.05) is 0 Å². The zero-order valence-electron chi connectivity index (χ0n) is 14.7. The Morgan fingerprint density at radius 1 is 1.25 bits per heavy atom. The Labute approximate surface area is 144 Å². The van der Waals surface area contributed by atoms with E-state index < -0.39 is 0 Å². The van der Waals surface area contributed by atoms with Crippen molar-refractivity contribution >= 4 is 5.78 Å². The molecule has 0 radical (unpaired) electrons. The normalized spacial score (nSPS) is 47.7. The molecule has 0 aliphatic heterocycles. The lowest BCUT2D eigenvalue weighted by Crippen LogP contribution is -2.56. The first kappa shape index (κ1) is 16.1. The maximum Gasteiger partial charge on any atom is 0.155 e. The van der Waals surface area contributed by atoms with Crippen LogP contribution in [0.3, 0.4) is 0 Å². The first-order chi connectivity index (χ1) is 11.4. The zero-order valence-corrected chi connectivity index (χ0v) is 14.7. The van der Waals surface area contributed by atoms with Crippen LogP contribution in [0.5, 0.6) is 0 Å². The van der Waals surface area contributed by atoms with Crippen molar-refractivity contribution in [1.29, 1.82) is 0 Å². The minimum Gasteiger partial charge on any atom is -0.516 e. The Kier molecular flexibility index (Phi) is 3.58. The van der Waals surface area contributed by atoms with E-state index in [2.05, 4.69) is 19.9 Å². The molecule has 0 bridgehead atoms. The van der Waals surface area contributed by atoms with Gasteiger partial charge in [-0.1, -0.05) is 25.5 Å². The third-order valence-corrected chi connectivity index (χ3v) is 7.79. The summed E-state index contributed by atoms with van der Waals surface area (Å²) >= 11 is 0. The van der Waals surface area contributed by atoms with Crippen molar-refractivity contribution in [2.24, 2.45) is 28.6 Å². The molecule has 4 aliphatic carbocycles. The zero-order chi connectivity index (χ0) is 17.1. The molecule has 4 rings (SSSR count). The Balaban J connectivity index is 1.72. The standard InChI is InChI=1S/C21H28O3/c1-20-9-7-15(23)11-14(20)3-5-16-17-6-4-13(8-10-22)21(17,2)12-18(24)19(16)20/h4,8,10-11,16-19,22,24H,3,5-7,9,12H2,1-2H3/t16-,17-,18-,19+,20-,21+/m0/s1. The van der Waals surface area contributed by atoms with E-state index in [1.54, 1.807) is 0 Å². The van der Waals surface area contributed by atoms with Gasteiger partial charge in [0.25, 0.3) is 0 Å². The van der Waals surface area contributed by atoms with Crippen LogP contribution in [0.2, 0.25) is 0 Å². The lowest BCUT2D eigenvalue weighted by Gasteiger charge is -2.59. The van der Waals surface area contributed by atoms with E-state index in [-0.39, 0.29) is 28.6 Å². The molecule has 3 nitrogen and oxygen atoms in total. The monoisotopic (exact) mass is 328 g/mol. The summed E-state index contributed by atoms with van der Waals surface area (Å²) in [7, 11) is 0. The van der Waals surface area contributed by atoms with Gasteiger partial charge in [-0.15, -0.1) is 0 Å². The molecule has 0 amide bonds. The molecule has 0 saturated heterocycles. The maximum atomic E-state index is 11.9. The van der Waals surface area contributed by atoms with Gasteiger partial charge in [0.15, 0.2) is 5.78 Å². The average molecular weight is 328 g/mol. The number of hydrogen-bond acceptors (Lipinski definition) is 3. The summed E-state index contributed by atoms with van der Waals surface area (Å²) in [4.78, 5) is 11.9. The van der Waals surface area contributed by atoms with Crippen LogP contribution in [0, 0.1) is 28.6 Å². The molecule has 2 saturated carbocycles. The predicted molar refractivity (Wildman–Crippen MR) is 93.3 cm³/mol. The number of carbonyl (C=O) groups excluding carboxylic acids is 1. The second-order valence-corrected chi connectivity index (χ2v) is 8.79. The Morgan fingerprint density at radius 3 is 2.79 bits per heavy atom. The Hall–Kier alpha value is -1.35. The second kappa shape index (κ2) is 5.32. The van der Waals surface area contributed by atoms with Gasteiger partial charge in [-0.3, -0.25) is 4.79 Å². The predicted octanol–water partition coefficient (Wildman–Crippen LogP) is 4.10. The molecule has 0 aromatic carbocycles. The van der Waals surface area contributed by atoms with Crippen molar-refractivity contribution < 1.29 is 15.0 Å². The SMILES string of the molecule is C[C@]12CCC(=O)C=C1CC[C@@H]1[C@@H]2[C@@H](O)C[C@]2(C)C(C=CO)=CC[C@@H]12. The van der Waals surface area contributed by atoms with E-state index in [0.29, 0.717) is 18.3 Å². The third-order valence-electron chi connectivity index (χ3n) is 7.79. The molecule has 6 atom stereocenters. The van der Waals surface area contributed by atoms with E-state index >= 15 is 0 Å². The highest BCUT2D eigenvalue weighted by atomic mass is 16.3. The van der Waals surface area contributed by atoms with E-state index in [9.17, 15) is 15.0 Å². The Morgan fingerprint density at radius 2 is 2.04 bits per heavy atom. The maximum absolute atomic E-state index is 11.9. The molecule has 0 heterocycles. The fourth-order valence-electron chi connectivity index (χ4n) is 6.63. The molecule has 4 aliphatic rings. The number of rotatable bonds is 1. The van der Waals surface area contributed by atoms with Gasteiger partial charge >= 0.3 is 0 Å². The van der Waals surface area contributed by atoms with Crippen LogP contribution in [-0.2, 0) is 4.79 Å². The minimum atomic E-state index is -0.341. The number of ketones is 1. The summed E-state index contributed by atoms with van der Waals surface area (Å²) in [6.45, 7) is 4.54. The fourth-order valence-corrected chi connectivity index (χ4v) is 6.63. The number of allylic oxidation sites excluding steroid dienone is 5. The molecule has 2 N–H and O–H groups in total. The molecule has 24 heavy (non-hydrogen) atoms. The van der Waals surface area contributed by atoms with Gasteiger partial charge in [0.05, 0.1) is 12.4 Å². The lowest BCUT2D eigenvalue weighted by molar-refractivity contribution is -0.124. The largest absolute Gasteiger partial charge is 0.516 e. The molecular weight excluding hydrogens is 300 g/mol. The van der Waals surface area contributed by atoms with E-state index in [1.807, 2.05) is 12.2 Å². The van der Waals surface area contributed by atoms with Crippen LogP contribution in [0.15, 0.2) is 35.6 Å². The lowest BCUT2D eigenvalue weighted by atomic mass is 9.46. The summed E-state index contributed by atoms with van der Waals surface area (Å²) in [6.07, 6.45) is 12.1. The smallest absolute Gasteiger partial charge is 0.155 e. The van der Waals surface area contributed by atoms with Crippen LogP contribution in [0.4, 0.5) is 0 Å². The van der Waals surface area contributed by atoms with Crippen molar-refractivity contribution in [3.8, 4) is 0 Å². The molecule has 130 valence electrons. The summed E-state index contributed by atoms with van der Waals surface area (Å²) in [5.41, 5.74) is 2.40. The summed E-state index contributed by atoms with van der Waals surface area (Å²) in [6, 6.07) is 0. The number of hydrogen-bond donors (Lipinski definition) is 2. The van der Waals surface area contributed by atoms with Crippen molar-refractivity contribution in [3.05, 3.63) is 35.6 Å². The van der Waals surface area contributed by atoms with Gasteiger partial charge in [-0.2, -0.15) is 0 Å². The molecule has 3 heteroatoms. The average Bonchev–Trinajstić information content (AvgIpc) is 2.84. The topological polar surface area (TPSA) is 57.5 Å². The summed E-state index contributed by atoms with van der Waals surface area (Å²) in [5.74, 6) is 1.55. The highest BCUT2D eigenvalue weighted by Crippen LogP contribution is 2.65. The molecule has 0 aromatic heterocycles. The highest BCUT2D eigenvalue weighted by molar-refractivity contribution is 5.91. The van der Waals surface area contributed by atoms with Crippen LogP contribution in [0.1, 0.15) is 52.4 Å². The fraction of sp³-hybridized carbons (Fsp3) is 0.667. The van der Waals surface area contributed by atoms with Crippen molar-refractivity contribution in [1.82, 2.24) is 0 Å². The first-order valence-corrected chi connectivity index (χ1v) is 9.33. The van der Waals surface area contributed by atoms with Gasteiger partial charge < -0.3 is 10.2 Å². The number of fused-ring (bicyclic) bond motifs is 5. The third kappa shape index (κ3) is 2.03. The van der Waals surface area contributed by atoms with E-state index in [4.69, 9.17) is 0 Å². The highest BCUT2D eigenvalue weighted by Gasteiger charge is 2.59. The quantitative estimate of drug-likeness (QED) is 0.713. The van der Waals surface area contributed by atoms with Gasteiger partial charge in [0.2, 0.25) is 0 Å². The summed E-state index contributed by atoms with van der Waals surface area (Å²) in [5, 5.41) is 20.4. The van der Waals surface area contributed by atoms with Gasteiger partial charge in [0, 0.05) is 6.42 Å². The Bertz CT molecular complexity index is 658. The van der Waals surface area contributed by atoms with Gasteiger partial charge in [-0.25, -0.2) is 0 Å². The van der Waals surface area contributed by atoms with Gasteiger partial charge in [0.1, 0.15) is 0 Å². The number of aliphatic hydroxyl groups excluding tert-OH is 2. The number of aliphatic hydroxyl groups is 2. The van der Waals surface area contributed by atoms with Crippen molar-refractivity contribution in [3.63, 3.8) is 0 Å². The number of carbonyl (C=O) groups is 1. The minimum absolute atomic E-state index is 0.0207.